The van der Waals surface area contributed by atoms with Crippen LogP contribution in [-0.2, 0) is 0 Å². The van der Waals surface area contributed by atoms with E-state index in [1.807, 2.05) is 24.3 Å². The van der Waals surface area contributed by atoms with Crippen molar-refractivity contribution >= 4 is 5.78 Å². The molecule has 2 aromatic carbocycles. The average Bonchev–Trinajstić information content (AvgIpc) is 3.35. The molecule has 0 bridgehead atoms. The largest absolute Gasteiger partial charge is 0.494 e. The van der Waals surface area contributed by atoms with Crippen molar-refractivity contribution in [1.82, 2.24) is 0 Å². The molecule has 3 rings (SSSR count). The van der Waals surface area contributed by atoms with Crippen LogP contribution >= 0.6 is 0 Å². The van der Waals surface area contributed by atoms with E-state index in [9.17, 15) is 4.79 Å². The lowest BCUT2D eigenvalue weighted by molar-refractivity contribution is 0.0953. The van der Waals surface area contributed by atoms with Crippen LogP contribution in [0.15, 0.2) is 48.5 Å². The van der Waals surface area contributed by atoms with Crippen molar-refractivity contribution < 1.29 is 9.53 Å². The van der Waals surface area contributed by atoms with Crippen LogP contribution in [0.5, 0.6) is 5.75 Å². The summed E-state index contributed by atoms with van der Waals surface area (Å²) >= 11 is 0. The zero-order valence-corrected chi connectivity index (χ0v) is 17.7. The van der Waals surface area contributed by atoms with Gasteiger partial charge in [0.05, 0.1) is 6.61 Å². The molecule has 0 N–H and O–H groups in total. The van der Waals surface area contributed by atoms with Crippen molar-refractivity contribution in [2.24, 2.45) is 11.3 Å². The highest BCUT2D eigenvalue weighted by Crippen LogP contribution is 2.53. The fourth-order valence-corrected chi connectivity index (χ4v) is 3.76. The van der Waals surface area contributed by atoms with Gasteiger partial charge < -0.3 is 4.74 Å². The third-order valence-electron chi connectivity index (χ3n) is 5.95. The second-order valence-electron chi connectivity index (χ2n) is 8.83. The summed E-state index contributed by atoms with van der Waals surface area (Å²) < 4.78 is 5.86. The number of hydrogen-bond donors (Lipinski definition) is 0. The average molecular weight is 379 g/mol. The number of hydrogen-bond acceptors (Lipinski definition) is 2. The van der Waals surface area contributed by atoms with Gasteiger partial charge in [0.25, 0.3) is 0 Å². The third kappa shape index (κ3) is 5.47. The molecule has 0 saturated heterocycles. The molecular formula is C26H34O2. The second-order valence-corrected chi connectivity index (χ2v) is 8.83. The van der Waals surface area contributed by atoms with Gasteiger partial charge in [-0.05, 0) is 41.5 Å². The number of ether oxygens (including phenoxy) is 1. The van der Waals surface area contributed by atoms with Crippen LogP contribution in [0, 0.1) is 11.3 Å². The molecule has 0 spiro atoms. The van der Waals surface area contributed by atoms with Gasteiger partial charge in [-0.1, -0.05) is 89.3 Å². The van der Waals surface area contributed by atoms with Crippen LogP contribution in [0.1, 0.15) is 76.1 Å². The molecule has 0 aromatic heterocycles. The minimum absolute atomic E-state index is 0.182. The molecule has 1 atom stereocenters. The predicted molar refractivity (Wildman–Crippen MR) is 117 cm³/mol. The SMILES string of the molecule is CCCCCCCCOc1ccc(-c2ccc(C(=O)C3CC3(C)C)cc2)cc1. The molecule has 2 aromatic rings. The summed E-state index contributed by atoms with van der Waals surface area (Å²) in [5.74, 6) is 1.41. The Hall–Kier alpha value is -2.09. The zero-order valence-electron chi connectivity index (χ0n) is 17.7. The van der Waals surface area contributed by atoms with Crippen molar-refractivity contribution in [3.8, 4) is 16.9 Å². The van der Waals surface area contributed by atoms with Gasteiger partial charge >= 0.3 is 0 Å². The Morgan fingerprint density at radius 2 is 1.43 bits per heavy atom. The van der Waals surface area contributed by atoms with Gasteiger partial charge in [-0.25, -0.2) is 0 Å². The van der Waals surface area contributed by atoms with Gasteiger partial charge in [-0.15, -0.1) is 0 Å². The molecule has 28 heavy (non-hydrogen) atoms. The number of carbonyl (C=O) groups is 1. The molecule has 2 nitrogen and oxygen atoms in total. The fraction of sp³-hybridized carbons (Fsp3) is 0.500. The highest BCUT2D eigenvalue weighted by atomic mass is 16.5. The van der Waals surface area contributed by atoms with Crippen LogP contribution in [0.3, 0.4) is 0 Å². The lowest BCUT2D eigenvalue weighted by atomic mass is 9.98. The standard InChI is InChI=1S/C26H34O2/c1-4-5-6-7-8-9-18-28-23-16-14-21(15-17-23)20-10-12-22(13-11-20)25(27)24-19-26(24,2)3/h10-17,24H,4-9,18-19H2,1-3H3. The summed E-state index contributed by atoms with van der Waals surface area (Å²) in [6, 6.07) is 16.3. The van der Waals surface area contributed by atoms with Crippen LogP contribution in [0.2, 0.25) is 0 Å². The van der Waals surface area contributed by atoms with Gasteiger partial charge in [-0.3, -0.25) is 4.79 Å². The number of ketones is 1. The summed E-state index contributed by atoms with van der Waals surface area (Å²) in [6.07, 6.45) is 8.67. The Bertz CT molecular complexity index is 756. The van der Waals surface area contributed by atoms with E-state index in [-0.39, 0.29) is 17.1 Å². The van der Waals surface area contributed by atoms with Gasteiger partial charge in [0, 0.05) is 11.5 Å². The van der Waals surface area contributed by atoms with Crippen LogP contribution < -0.4 is 4.74 Å². The molecule has 1 fully saturated rings. The van der Waals surface area contributed by atoms with E-state index in [0.717, 1.165) is 41.9 Å². The van der Waals surface area contributed by atoms with Crippen molar-refractivity contribution in [1.29, 1.82) is 0 Å². The van der Waals surface area contributed by atoms with Crippen molar-refractivity contribution in [3.05, 3.63) is 54.1 Å². The lowest BCUT2D eigenvalue weighted by Gasteiger charge is -2.08. The quantitative estimate of drug-likeness (QED) is 0.302. The molecule has 150 valence electrons. The van der Waals surface area contributed by atoms with Crippen LogP contribution in [0.4, 0.5) is 0 Å². The van der Waals surface area contributed by atoms with E-state index in [1.165, 1.54) is 32.1 Å². The van der Waals surface area contributed by atoms with E-state index >= 15 is 0 Å². The minimum Gasteiger partial charge on any atom is -0.494 e. The molecule has 1 unspecified atom stereocenters. The Morgan fingerprint density at radius 3 is 2.00 bits per heavy atom. The van der Waals surface area contributed by atoms with Crippen LogP contribution in [-0.4, -0.2) is 12.4 Å². The Morgan fingerprint density at radius 1 is 0.893 bits per heavy atom. The maximum absolute atomic E-state index is 12.5. The smallest absolute Gasteiger partial charge is 0.166 e. The van der Waals surface area contributed by atoms with E-state index in [2.05, 4.69) is 45.0 Å². The number of benzene rings is 2. The van der Waals surface area contributed by atoms with E-state index < -0.39 is 0 Å². The minimum atomic E-state index is 0.182. The topological polar surface area (TPSA) is 26.3 Å². The first-order valence-electron chi connectivity index (χ1n) is 10.9. The fourth-order valence-electron chi connectivity index (χ4n) is 3.76. The van der Waals surface area contributed by atoms with E-state index in [4.69, 9.17) is 4.74 Å². The van der Waals surface area contributed by atoms with Gasteiger partial charge in [0.15, 0.2) is 5.78 Å². The summed E-state index contributed by atoms with van der Waals surface area (Å²) in [5, 5.41) is 0. The monoisotopic (exact) mass is 378 g/mol. The van der Waals surface area contributed by atoms with Gasteiger partial charge in [0.1, 0.15) is 5.75 Å². The summed E-state index contributed by atoms with van der Waals surface area (Å²) in [5.41, 5.74) is 3.30. The van der Waals surface area contributed by atoms with Crippen molar-refractivity contribution in [2.75, 3.05) is 6.61 Å². The Labute approximate surface area is 170 Å². The molecule has 1 saturated carbocycles. The number of Topliss-reactive ketones (excluding diaryl/α,β-unsaturated/α-hetero) is 1. The Balaban J connectivity index is 1.47. The molecule has 0 aliphatic heterocycles. The van der Waals surface area contributed by atoms with Crippen molar-refractivity contribution in [2.45, 2.75) is 65.7 Å². The first-order chi connectivity index (χ1) is 13.5. The molecule has 2 heteroatoms. The number of unbranched alkanes of at least 4 members (excludes halogenated alkanes) is 5. The lowest BCUT2D eigenvalue weighted by Crippen LogP contribution is -2.06. The molecule has 1 aliphatic rings. The number of carbonyl (C=O) groups excluding carboxylic acids is 1. The second kappa shape index (κ2) is 9.41. The first-order valence-corrected chi connectivity index (χ1v) is 10.9. The first kappa shape index (κ1) is 20.6. The van der Waals surface area contributed by atoms with Gasteiger partial charge in [0.2, 0.25) is 0 Å². The molecule has 0 heterocycles. The van der Waals surface area contributed by atoms with Gasteiger partial charge in [-0.2, -0.15) is 0 Å². The number of rotatable bonds is 11. The molecule has 1 aliphatic carbocycles. The summed E-state index contributed by atoms with van der Waals surface area (Å²) in [4.78, 5) is 12.5. The predicted octanol–water partition coefficient (Wildman–Crippen LogP) is 7.32. The Kier molecular flexibility index (Phi) is 6.93. The van der Waals surface area contributed by atoms with Crippen molar-refractivity contribution in [3.63, 3.8) is 0 Å². The summed E-state index contributed by atoms with van der Waals surface area (Å²) in [6.45, 7) is 7.37. The highest BCUT2D eigenvalue weighted by Gasteiger charge is 2.50. The summed E-state index contributed by atoms with van der Waals surface area (Å²) in [7, 11) is 0. The van der Waals surface area contributed by atoms with Crippen LogP contribution in [0.25, 0.3) is 11.1 Å². The molecular weight excluding hydrogens is 344 g/mol. The van der Waals surface area contributed by atoms with E-state index in [0.29, 0.717) is 0 Å². The third-order valence-corrected chi connectivity index (χ3v) is 5.95. The normalized spacial score (nSPS) is 17.3. The highest BCUT2D eigenvalue weighted by molar-refractivity contribution is 6.00. The molecule has 0 radical (unpaired) electrons. The van der Waals surface area contributed by atoms with E-state index in [1.54, 1.807) is 0 Å². The maximum Gasteiger partial charge on any atom is 0.166 e. The zero-order chi connectivity index (χ0) is 20.0. The maximum atomic E-state index is 12.5. The molecule has 0 amide bonds.